The van der Waals surface area contributed by atoms with E-state index in [9.17, 15) is 4.39 Å². The summed E-state index contributed by atoms with van der Waals surface area (Å²) in [5.41, 5.74) is 0.734. The van der Waals surface area contributed by atoms with E-state index in [1.807, 2.05) is 0 Å². The Hall–Kier alpha value is -1.71. The lowest BCUT2D eigenvalue weighted by molar-refractivity contribution is 0.403. The third-order valence-corrected chi connectivity index (χ3v) is 1.83. The first-order valence-electron chi connectivity index (χ1n) is 4.29. The minimum Gasteiger partial charge on any atom is -0.334 e. The zero-order valence-corrected chi connectivity index (χ0v) is 7.70. The van der Waals surface area contributed by atoms with E-state index >= 15 is 0 Å². The van der Waals surface area contributed by atoms with E-state index in [-0.39, 0.29) is 5.83 Å². The zero-order valence-electron chi connectivity index (χ0n) is 7.70. The Labute approximate surface area is 80.6 Å². The molecule has 0 aromatic carbocycles. The summed E-state index contributed by atoms with van der Waals surface area (Å²) in [6.07, 6.45) is 6.86. The molecule has 2 rings (SSSR count). The van der Waals surface area contributed by atoms with Crippen molar-refractivity contribution in [3.05, 3.63) is 41.8 Å². The van der Waals surface area contributed by atoms with Crippen LogP contribution in [0.2, 0.25) is 0 Å². The average Bonchev–Trinajstić information content (AvgIpc) is 2.46. The maximum Gasteiger partial charge on any atom is 0.257 e. The summed E-state index contributed by atoms with van der Waals surface area (Å²) in [4.78, 5) is 4.05. The molecule has 3 nitrogen and oxygen atoms in total. The Bertz CT molecular complexity index is 429. The first-order chi connectivity index (χ1) is 6.75. The van der Waals surface area contributed by atoms with Gasteiger partial charge in [-0.05, 0) is 19.1 Å². The number of hydrogen-bond acceptors (Lipinski definition) is 3. The van der Waals surface area contributed by atoms with Gasteiger partial charge in [-0.2, -0.15) is 4.98 Å². The number of allylic oxidation sites excluding steroid dienone is 6. The lowest BCUT2D eigenvalue weighted by Crippen LogP contribution is -1.80. The van der Waals surface area contributed by atoms with Crippen molar-refractivity contribution in [3.8, 4) is 0 Å². The van der Waals surface area contributed by atoms with Crippen molar-refractivity contribution in [1.29, 1.82) is 0 Å². The molecular formula is C10H9FN2O. The van der Waals surface area contributed by atoms with Gasteiger partial charge in [0.15, 0.2) is 5.82 Å². The number of nitrogens with zero attached hydrogens (tertiary/aromatic N) is 2. The lowest BCUT2D eigenvalue weighted by atomic mass is 10.2. The van der Waals surface area contributed by atoms with Gasteiger partial charge in [0.1, 0.15) is 5.83 Å². The van der Waals surface area contributed by atoms with Crippen LogP contribution >= 0.6 is 0 Å². The lowest BCUT2D eigenvalue weighted by Gasteiger charge is -1.89. The Morgan fingerprint density at radius 1 is 1.43 bits per heavy atom. The van der Waals surface area contributed by atoms with Crippen molar-refractivity contribution < 1.29 is 8.91 Å². The molecule has 0 saturated heterocycles. The first kappa shape index (κ1) is 8.87. The van der Waals surface area contributed by atoms with E-state index in [0.29, 0.717) is 18.1 Å². The Kier molecular flexibility index (Phi) is 2.26. The number of hydrogen-bond donors (Lipinski definition) is 0. The van der Waals surface area contributed by atoms with Gasteiger partial charge >= 0.3 is 0 Å². The number of halogens is 1. The van der Waals surface area contributed by atoms with Crippen LogP contribution in [0.25, 0.3) is 5.57 Å². The second-order valence-corrected chi connectivity index (χ2v) is 2.99. The van der Waals surface area contributed by atoms with Crippen molar-refractivity contribution >= 4 is 5.57 Å². The molecule has 0 unspecified atom stereocenters. The maximum absolute atomic E-state index is 12.8. The van der Waals surface area contributed by atoms with Gasteiger partial charge in [0, 0.05) is 12.0 Å². The minimum absolute atomic E-state index is 0.174. The van der Waals surface area contributed by atoms with Gasteiger partial charge in [-0.25, -0.2) is 4.39 Å². The van der Waals surface area contributed by atoms with Crippen molar-refractivity contribution in [2.24, 2.45) is 0 Å². The van der Waals surface area contributed by atoms with E-state index in [1.54, 1.807) is 25.2 Å². The SMILES string of the molecule is Cc1noc(C2=CC=C(F)CC=C2)n1. The van der Waals surface area contributed by atoms with Crippen LogP contribution in [0.4, 0.5) is 4.39 Å². The van der Waals surface area contributed by atoms with Crippen LogP contribution in [-0.2, 0) is 0 Å². The fourth-order valence-electron chi connectivity index (χ4n) is 1.16. The van der Waals surface area contributed by atoms with Crippen LogP contribution in [0.15, 0.2) is 34.7 Å². The maximum atomic E-state index is 12.8. The molecule has 1 aliphatic carbocycles. The van der Waals surface area contributed by atoms with Crippen LogP contribution < -0.4 is 0 Å². The van der Waals surface area contributed by atoms with Crippen LogP contribution in [0, 0.1) is 6.92 Å². The summed E-state index contributed by atoms with van der Waals surface area (Å²) in [6, 6.07) is 0. The van der Waals surface area contributed by atoms with E-state index in [2.05, 4.69) is 10.1 Å². The molecule has 1 aliphatic rings. The van der Waals surface area contributed by atoms with Crippen molar-refractivity contribution in [2.45, 2.75) is 13.3 Å². The molecule has 0 bridgehead atoms. The molecule has 0 atom stereocenters. The number of aromatic nitrogens is 2. The molecule has 0 radical (unpaired) electrons. The highest BCUT2D eigenvalue weighted by atomic mass is 19.1. The molecule has 72 valence electrons. The summed E-state index contributed by atoms with van der Waals surface area (Å²) >= 11 is 0. The normalized spacial score (nSPS) is 16.1. The molecule has 1 aromatic rings. The summed E-state index contributed by atoms with van der Waals surface area (Å²) < 4.78 is 17.8. The molecule has 4 heteroatoms. The van der Waals surface area contributed by atoms with Gasteiger partial charge in [0.25, 0.3) is 5.89 Å². The summed E-state index contributed by atoms with van der Waals surface area (Å²) in [7, 11) is 0. The van der Waals surface area contributed by atoms with Gasteiger partial charge in [0.05, 0.1) is 0 Å². The van der Waals surface area contributed by atoms with Crippen LogP contribution in [0.5, 0.6) is 0 Å². The molecule has 0 aliphatic heterocycles. The highest BCUT2D eigenvalue weighted by Crippen LogP contribution is 2.19. The summed E-state index contributed by atoms with van der Waals surface area (Å²) in [6.45, 7) is 1.74. The van der Waals surface area contributed by atoms with Gasteiger partial charge in [0.2, 0.25) is 0 Å². The van der Waals surface area contributed by atoms with Crippen LogP contribution in [0.1, 0.15) is 18.1 Å². The molecule has 1 heterocycles. The molecule has 14 heavy (non-hydrogen) atoms. The van der Waals surface area contributed by atoms with Crippen molar-refractivity contribution in [1.82, 2.24) is 10.1 Å². The summed E-state index contributed by atoms with van der Waals surface area (Å²) in [5, 5.41) is 3.67. The minimum atomic E-state index is -0.174. The topological polar surface area (TPSA) is 38.9 Å². The fraction of sp³-hybridized carbons (Fsp3) is 0.200. The molecule has 0 N–H and O–H groups in total. The molecule has 0 saturated carbocycles. The third kappa shape index (κ3) is 1.79. The largest absolute Gasteiger partial charge is 0.334 e. The van der Waals surface area contributed by atoms with Crippen LogP contribution in [-0.4, -0.2) is 10.1 Å². The van der Waals surface area contributed by atoms with E-state index in [4.69, 9.17) is 4.52 Å². The van der Waals surface area contributed by atoms with Gasteiger partial charge in [-0.3, -0.25) is 0 Å². The average molecular weight is 192 g/mol. The zero-order chi connectivity index (χ0) is 9.97. The second-order valence-electron chi connectivity index (χ2n) is 2.99. The Balaban J connectivity index is 2.35. The fourth-order valence-corrected chi connectivity index (χ4v) is 1.16. The first-order valence-corrected chi connectivity index (χ1v) is 4.29. The summed E-state index contributed by atoms with van der Waals surface area (Å²) in [5.74, 6) is 0.820. The Morgan fingerprint density at radius 3 is 3.00 bits per heavy atom. The van der Waals surface area contributed by atoms with E-state index in [1.165, 1.54) is 6.08 Å². The standard InChI is InChI=1S/C10H9FN2O/c1-7-12-10(14-13-7)8-3-2-4-9(11)6-5-8/h2-3,5-6H,4H2,1H3. The monoisotopic (exact) mass is 192 g/mol. The predicted octanol–water partition coefficient (Wildman–Crippen LogP) is 2.57. The molecule has 1 aromatic heterocycles. The predicted molar refractivity (Wildman–Crippen MR) is 50.0 cm³/mol. The van der Waals surface area contributed by atoms with Gasteiger partial charge < -0.3 is 4.52 Å². The second kappa shape index (κ2) is 3.57. The van der Waals surface area contributed by atoms with Crippen molar-refractivity contribution in [2.75, 3.05) is 0 Å². The Morgan fingerprint density at radius 2 is 2.29 bits per heavy atom. The molecule has 0 spiro atoms. The quantitative estimate of drug-likeness (QED) is 0.686. The van der Waals surface area contributed by atoms with Crippen LogP contribution in [0.3, 0.4) is 0 Å². The van der Waals surface area contributed by atoms with Gasteiger partial charge in [-0.15, -0.1) is 0 Å². The van der Waals surface area contributed by atoms with Crippen molar-refractivity contribution in [3.63, 3.8) is 0 Å². The third-order valence-electron chi connectivity index (χ3n) is 1.83. The molecular weight excluding hydrogens is 183 g/mol. The number of aryl methyl sites for hydroxylation is 1. The molecule has 0 fully saturated rings. The number of rotatable bonds is 1. The highest BCUT2D eigenvalue weighted by Gasteiger charge is 2.07. The highest BCUT2D eigenvalue weighted by molar-refractivity contribution is 5.70. The van der Waals surface area contributed by atoms with E-state index in [0.717, 1.165) is 5.57 Å². The van der Waals surface area contributed by atoms with Gasteiger partial charge in [-0.1, -0.05) is 17.3 Å². The van der Waals surface area contributed by atoms with E-state index < -0.39 is 0 Å². The smallest absolute Gasteiger partial charge is 0.257 e. The molecule has 0 amide bonds.